The maximum Gasteiger partial charge on any atom is -0.0295 e. The molecule has 2 rings (SSSR count). The molecule has 0 heterocycles. The summed E-state index contributed by atoms with van der Waals surface area (Å²) in [5.74, 6) is 4.58. The second kappa shape index (κ2) is 5.08. The molecule has 0 nitrogen and oxygen atoms in total. The van der Waals surface area contributed by atoms with E-state index in [1.807, 2.05) is 0 Å². The molecule has 0 bridgehead atoms. The van der Waals surface area contributed by atoms with Crippen molar-refractivity contribution < 1.29 is 0 Å². The van der Waals surface area contributed by atoms with Crippen LogP contribution >= 0.6 is 0 Å². The van der Waals surface area contributed by atoms with Crippen molar-refractivity contribution in [3.05, 3.63) is 0 Å². The van der Waals surface area contributed by atoms with Gasteiger partial charge in [0, 0.05) is 0 Å². The molecule has 112 valence electrons. The lowest BCUT2D eigenvalue weighted by molar-refractivity contribution is -0.0286. The van der Waals surface area contributed by atoms with Gasteiger partial charge in [0.25, 0.3) is 0 Å². The van der Waals surface area contributed by atoms with Crippen LogP contribution in [0.3, 0.4) is 0 Å². The van der Waals surface area contributed by atoms with Gasteiger partial charge in [-0.3, -0.25) is 0 Å². The van der Waals surface area contributed by atoms with E-state index < -0.39 is 0 Å². The maximum absolute atomic E-state index is 2.58. The van der Waals surface area contributed by atoms with Crippen LogP contribution < -0.4 is 0 Å². The Bertz CT molecular complexity index is 312. The van der Waals surface area contributed by atoms with Crippen LogP contribution in [0.5, 0.6) is 0 Å². The van der Waals surface area contributed by atoms with Crippen molar-refractivity contribution in [2.45, 2.75) is 80.6 Å². The summed E-state index contributed by atoms with van der Waals surface area (Å²) in [5, 5.41) is 0. The summed E-state index contributed by atoms with van der Waals surface area (Å²) in [6.07, 6.45) is 7.30. The van der Waals surface area contributed by atoms with E-state index in [1.54, 1.807) is 0 Å². The van der Waals surface area contributed by atoms with E-state index in [-0.39, 0.29) is 0 Å². The molecule has 5 unspecified atom stereocenters. The van der Waals surface area contributed by atoms with Crippen LogP contribution in [0.4, 0.5) is 0 Å². The van der Waals surface area contributed by atoms with E-state index >= 15 is 0 Å². The Balaban J connectivity index is 2.17. The maximum atomic E-state index is 2.58. The summed E-state index contributed by atoms with van der Waals surface area (Å²) >= 11 is 0. The zero-order chi connectivity index (χ0) is 14.4. The Kier molecular flexibility index (Phi) is 4.11. The van der Waals surface area contributed by atoms with E-state index in [4.69, 9.17) is 0 Å². The summed E-state index contributed by atoms with van der Waals surface area (Å²) in [6.45, 7) is 17.7. The van der Waals surface area contributed by atoms with E-state index in [0.29, 0.717) is 10.8 Å². The molecule has 2 aliphatic rings. The first-order valence-electron chi connectivity index (χ1n) is 8.68. The average Bonchev–Trinajstić information content (AvgIpc) is 2.65. The van der Waals surface area contributed by atoms with Crippen LogP contribution in [0.15, 0.2) is 0 Å². The Morgan fingerprint density at radius 1 is 0.895 bits per heavy atom. The van der Waals surface area contributed by atoms with Crippen LogP contribution in [-0.4, -0.2) is 0 Å². The fourth-order valence-electron chi connectivity index (χ4n) is 5.68. The van der Waals surface area contributed by atoms with Gasteiger partial charge < -0.3 is 0 Å². The Morgan fingerprint density at radius 2 is 1.53 bits per heavy atom. The van der Waals surface area contributed by atoms with Gasteiger partial charge in [0.1, 0.15) is 0 Å². The molecule has 2 aliphatic carbocycles. The molecule has 0 aromatic heterocycles. The number of hydrogen-bond donors (Lipinski definition) is 0. The second-order valence-electron chi connectivity index (χ2n) is 9.12. The molecule has 0 aliphatic heterocycles. The molecule has 0 spiro atoms. The minimum Gasteiger partial charge on any atom is -0.0622 e. The van der Waals surface area contributed by atoms with Crippen molar-refractivity contribution in [2.75, 3.05) is 0 Å². The van der Waals surface area contributed by atoms with Crippen LogP contribution in [0, 0.1) is 40.4 Å². The smallest absolute Gasteiger partial charge is 0.0295 e. The first-order valence-corrected chi connectivity index (χ1v) is 8.68. The third kappa shape index (κ3) is 2.61. The highest BCUT2D eigenvalue weighted by atomic mass is 14.5. The molecule has 19 heavy (non-hydrogen) atoms. The first-order chi connectivity index (χ1) is 8.68. The first kappa shape index (κ1) is 15.4. The lowest BCUT2D eigenvalue weighted by Gasteiger charge is -2.52. The summed E-state index contributed by atoms with van der Waals surface area (Å²) in [7, 11) is 0. The van der Waals surface area contributed by atoms with Crippen molar-refractivity contribution in [1.29, 1.82) is 0 Å². The van der Waals surface area contributed by atoms with Crippen molar-refractivity contribution in [3.63, 3.8) is 0 Å². The SMILES string of the molecule is CC1CCC(C(C)C2CCCC2(C)C)C(C)(C)C1C. The summed E-state index contributed by atoms with van der Waals surface area (Å²) in [4.78, 5) is 0. The highest BCUT2D eigenvalue weighted by Gasteiger charge is 2.48. The molecule has 0 radical (unpaired) electrons. The van der Waals surface area contributed by atoms with Crippen molar-refractivity contribution in [1.82, 2.24) is 0 Å². The molecule has 0 heteroatoms. The minimum atomic E-state index is 0.524. The molecule has 2 saturated carbocycles. The topological polar surface area (TPSA) is 0 Å². The summed E-state index contributed by atoms with van der Waals surface area (Å²) in [5.41, 5.74) is 1.11. The monoisotopic (exact) mass is 264 g/mol. The molecule has 2 fully saturated rings. The lowest BCUT2D eigenvalue weighted by Crippen LogP contribution is -2.44. The van der Waals surface area contributed by atoms with Crippen molar-refractivity contribution in [2.24, 2.45) is 40.4 Å². The number of hydrogen-bond acceptors (Lipinski definition) is 0. The van der Waals surface area contributed by atoms with Gasteiger partial charge >= 0.3 is 0 Å². The quantitative estimate of drug-likeness (QED) is 0.560. The van der Waals surface area contributed by atoms with Gasteiger partial charge in [-0.15, -0.1) is 0 Å². The third-order valence-electron chi connectivity index (χ3n) is 7.53. The van der Waals surface area contributed by atoms with Gasteiger partial charge in [0.2, 0.25) is 0 Å². The molecule has 0 saturated heterocycles. The van der Waals surface area contributed by atoms with E-state index in [9.17, 15) is 0 Å². The largest absolute Gasteiger partial charge is 0.0622 e. The van der Waals surface area contributed by atoms with Crippen LogP contribution in [0.2, 0.25) is 0 Å². The van der Waals surface area contributed by atoms with Gasteiger partial charge in [-0.05, 0) is 59.7 Å². The molecule has 5 atom stereocenters. The van der Waals surface area contributed by atoms with Gasteiger partial charge in [0.05, 0.1) is 0 Å². The van der Waals surface area contributed by atoms with Crippen LogP contribution in [-0.2, 0) is 0 Å². The van der Waals surface area contributed by atoms with Gasteiger partial charge in [0.15, 0.2) is 0 Å². The molecular weight excluding hydrogens is 228 g/mol. The van der Waals surface area contributed by atoms with E-state index in [2.05, 4.69) is 48.5 Å². The normalized spacial score (nSPS) is 43.1. The van der Waals surface area contributed by atoms with Gasteiger partial charge in [-0.25, -0.2) is 0 Å². The second-order valence-corrected chi connectivity index (χ2v) is 9.12. The lowest BCUT2D eigenvalue weighted by atomic mass is 9.53. The zero-order valence-electron chi connectivity index (χ0n) is 14.4. The van der Waals surface area contributed by atoms with E-state index in [0.717, 1.165) is 29.6 Å². The third-order valence-corrected chi connectivity index (χ3v) is 7.53. The highest BCUT2D eigenvalue weighted by molar-refractivity contribution is 4.97. The summed E-state index contributed by atoms with van der Waals surface area (Å²) in [6, 6.07) is 0. The molecule has 0 aromatic carbocycles. The fourth-order valence-corrected chi connectivity index (χ4v) is 5.68. The number of rotatable bonds is 2. The molecule has 0 aromatic rings. The molecule has 0 amide bonds. The van der Waals surface area contributed by atoms with Crippen molar-refractivity contribution >= 4 is 0 Å². The fraction of sp³-hybridized carbons (Fsp3) is 1.00. The van der Waals surface area contributed by atoms with Gasteiger partial charge in [-0.2, -0.15) is 0 Å². The zero-order valence-corrected chi connectivity index (χ0v) is 14.4. The molecular formula is C19H36. The average molecular weight is 264 g/mol. The highest BCUT2D eigenvalue weighted by Crippen LogP contribution is 2.56. The van der Waals surface area contributed by atoms with Crippen LogP contribution in [0.25, 0.3) is 0 Å². The summed E-state index contributed by atoms with van der Waals surface area (Å²) < 4.78 is 0. The van der Waals surface area contributed by atoms with Gasteiger partial charge in [-0.1, -0.05) is 61.3 Å². The predicted octanol–water partition coefficient (Wildman–Crippen LogP) is 6.16. The Morgan fingerprint density at radius 3 is 2.05 bits per heavy atom. The Labute approximate surface area is 121 Å². The van der Waals surface area contributed by atoms with E-state index in [1.165, 1.54) is 32.1 Å². The minimum absolute atomic E-state index is 0.524. The van der Waals surface area contributed by atoms with Crippen LogP contribution in [0.1, 0.15) is 80.6 Å². The predicted molar refractivity (Wildman–Crippen MR) is 85.1 cm³/mol. The Hall–Kier alpha value is 0. The molecule has 0 N–H and O–H groups in total. The van der Waals surface area contributed by atoms with Crippen molar-refractivity contribution in [3.8, 4) is 0 Å². The standard InChI is InChI=1S/C19H36/c1-13-10-11-17(19(6,7)15(13)3)14(2)16-9-8-12-18(16,4)5/h13-17H,8-12H2,1-7H3.